The zero-order valence-electron chi connectivity index (χ0n) is 11.9. The predicted molar refractivity (Wildman–Crippen MR) is 71.0 cm³/mol. The van der Waals surface area contributed by atoms with Gasteiger partial charge in [-0.15, -0.1) is 0 Å². The molecular formula is C13H23N3O3. The quantitative estimate of drug-likeness (QED) is 0.754. The van der Waals surface area contributed by atoms with Crippen LogP contribution in [0.1, 0.15) is 20.3 Å². The fourth-order valence-corrected chi connectivity index (χ4v) is 2.90. The van der Waals surface area contributed by atoms with Crippen LogP contribution in [0.4, 0.5) is 4.79 Å². The van der Waals surface area contributed by atoms with Crippen molar-refractivity contribution < 1.29 is 14.7 Å². The zero-order valence-corrected chi connectivity index (χ0v) is 11.9. The summed E-state index contributed by atoms with van der Waals surface area (Å²) in [6.45, 7) is 6.57. The van der Waals surface area contributed by atoms with Crippen LogP contribution in [0.2, 0.25) is 0 Å². The van der Waals surface area contributed by atoms with Gasteiger partial charge in [0.25, 0.3) is 0 Å². The largest absolute Gasteiger partial charge is 0.481 e. The van der Waals surface area contributed by atoms with Crippen LogP contribution in [0, 0.1) is 5.92 Å². The monoisotopic (exact) mass is 269 g/mol. The number of piperazine rings is 1. The maximum Gasteiger partial charge on any atom is 0.320 e. The molecule has 0 bridgehead atoms. The minimum Gasteiger partial charge on any atom is -0.481 e. The van der Waals surface area contributed by atoms with Crippen molar-refractivity contribution in [2.75, 3.05) is 33.2 Å². The number of likely N-dealkylation sites (N-methyl/N-ethyl adjacent to an activating group) is 1. The van der Waals surface area contributed by atoms with E-state index in [1.54, 1.807) is 4.90 Å². The lowest BCUT2D eigenvalue weighted by molar-refractivity contribution is -0.141. The Labute approximate surface area is 114 Å². The molecule has 2 heterocycles. The van der Waals surface area contributed by atoms with Crippen LogP contribution in [0.3, 0.4) is 0 Å². The van der Waals surface area contributed by atoms with E-state index in [0.29, 0.717) is 44.7 Å². The molecule has 0 saturated carbocycles. The van der Waals surface area contributed by atoms with Crippen LogP contribution >= 0.6 is 0 Å². The highest BCUT2D eigenvalue weighted by molar-refractivity contribution is 5.77. The molecule has 0 aromatic heterocycles. The Bertz CT molecular complexity index is 362. The number of rotatable bonds is 1. The summed E-state index contributed by atoms with van der Waals surface area (Å²) < 4.78 is 0. The van der Waals surface area contributed by atoms with E-state index in [-0.39, 0.29) is 6.03 Å². The minimum absolute atomic E-state index is 0.00412. The van der Waals surface area contributed by atoms with Gasteiger partial charge in [0.15, 0.2) is 0 Å². The number of aliphatic carboxylic acids is 1. The average Bonchev–Trinajstić information content (AvgIpc) is 2.84. The summed E-state index contributed by atoms with van der Waals surface area (Å²) in [5.41, 5.74) is 0. The van der Waals surface area contributed by atoms with Gasteiger partial charge < -0.3 is 14.9 Å². The number of likely N-dealkylation sites (tertiary alicyclic amines) is 1. The van der Waals surface area contributed by atoms with Gasteiger partial charge in [0.05, 0.1) is 5.92 Å². The molecule has 0 radical (unpaired) electrons. The topological polar surface area (TPSA) is 64.1 Å². The number of carboxylic acids is 1. The first kappa shape index (κ1) is 14.1. The Morgan fingerprint density at radius 3 is 2.11 bits per heavy atom. The van der Waals surface area contributed by atoms with Crippen LogP contribution in [0.25, 0.3) is 0 Å². The van der Waals surface area contributed by atoms with Crippen molar-refractivity contribution in [3.05, 3.63) is 0 Å². The summed E-state index contributed by atoms with van der Waals surface area (Å²) in [6, 6.07) is 0.673. The summed E-state index contributed by atoms with van der Waals surface area (Å²) in [4.78, 5) is 29.2. The van der Waals surface area contributed by atoms with E-state index in [2.05, 4.69) is 25.8 Å². The molecule has 2 amide bonds. The Morgan fingerprint density at radius 2 is 1.63 bits per heavy atom. The number of hydrogen-bond donors (Lipinski definition) is 1. The summed E-state index contributed by atoms with van der Waals surface area (Å²) in [5, 5.41) is 8.98. The molecule has 0 aromatic rings. The molecule has 2 fully saturated rings. The second kappa shape index (κ2) is 5.36. The number of carbonyl (C=O) groups excluding carboxylic acids is 1. The SMILES string of the molecule is CC1CN(C(=O)N2CCC(C(=O)O)C2)CC(C)N1C. The molecule has 108 valence electrons. The van der Waals surface area contributed by atoms with Gasteiger partial charge in [0.2, 0.25) is 0 Å². The van der Waals surface area contributed by atoms with Gasteiger partial charge in [-0.3, -0.25) is 9.69 Å². The summed E-state index contributed by atoms with van der Waals surface area (Å²) >= 11 is 0. The first-order chi connectivity index (χ1) is 8.90. The van der Waals surface area contributed by atoms with E-state index in [1.165, 1.54) is 0 Å². The van der Waals surface area contributed by atoms with Gasteiger partial charge in [0, 0.05) is 38.3 Å². The normalized spacial score (nSPS) is 32.7. The fourth-order valence-electron chi connectivity index (χ4n) is 2.90. The molecule has 19 heavy (non-hydrogen) atoms. The summed E-state index contributed by atoms with van der Waals surface area (Å²) in [6.07, 6.45) is 0.569. The molecule has 1 N–H and O–H groups in total. The Balaban J connectivity index is 1.95. The second-order valence-electron chi connectivity index (χ2n) is 5.82. The zero-order chi connectivity index (χ0) is 14.2. The van der Waals surface area contributed by atoms with Gasteiger partial charge in [0.1, 0.15) is 0 Å². The molecule has 2 saturated heterocycles. The molecular weight excluding hydrogens is 246 g/mol. The maximum atomic E-state index is 12.4. The van der Waals surface area contributed by atoms with E-state index >= 15 is 0 Å². The third-order valence-corrected chi connectivity index (χ3v) is 4.44. The highest BCUT2D eigenvalue weighted by atomic mass is 16.4. The predicted octanol–water partition coefficient (Wildman–Crippen LogP) is 0.537. The standard InChI is InChI=1S/C13H23N3O3/c1-9-6-16(7-10(2)14(9)3)13(19)15-5-4-11(8-15)12(17)18/h9-11H,4-8H2,1-3H3,(H,17,18). The second-order valence-corrected chi connectivity index (χ2v) is 5.82. The Morgan fingerprint density at radius 1 is 1.05 bits per heavy atom. The van der Waals surface area contributed by atoms with Crippen molar-refractivity contribution in [1.29, 1.82) is 0 Å². The smallest absolute Gasteiger partial charge is 0.320 e. The Kier molecular flexibility index (Phi) is 3.99. The van der Waals surface area contributed by atoms with Crippen LogP contribution in [0.5, 0.6) is 0 Å². The van der Waals surface area contributed by atoms with Crippen molar-refractivity contribution in [1.82, 2.24) is 14.7 Å². The van der Waals surface area contributed by atoms with Crippen LogP contribution < -0.4 is 0 Å². The third kappa shape index (κ3) is 2.83. The highest BCUT2D eigenvalue weighted by Gasteiger charge is 2.36. The number of carbonyl (C=O) groups is 2. The van der Waals surface area contributed by atoms with Crippen molar-refractivity contribution in [2.24, 2.45) is 5.92 Å². The number of amides is 2. The number of hydrogen-bond acceptors (Lipinski definition) is 3. The van der Waals surface area contributed by atoms with Gasteiger partial charge in [-0.25, -0.2) is 4.79 Å². The molecule has 3 unspecified atom stereocenters. The highest BCUT2D eigenvalue weighted by Crippen LogP contribution is 2.20. The molecule has 0 aliphatic carbocycles. The Hall–Kier alpha value is -1.30. The summed E-state index contributed by atoms with van der Waals surface area (Å²) in [5.74, 6) is -1.19. The van der Waals surface area contributed by atoms with Crippen molar-refractivity contribution in [2.45, 2.75) is 32.4 Å². The van der Waals surface area contributed by atoms with E-state index in [4.69, 9.17) is 5.11 Å². The molecule has 6 nitrogen and oxygen atoms in total. The lowest BCUT2D eigenvalue weighted by Gasteiger charge is -2.43. The average molecular weight is 269 g/mol. The third-order valence-electron chi connectivity index (χ3n) is 4.44. The number of nitrogens with zero attached hydrogens (tertiary/aromatic N) is 3. The minimum atomic E-state index is -0.796. The van der Waals surface area contributed by atoms with Gasteiger partial charge >= 0.3 is 12.0 Å². The van der Waals surface area contributed by atoms with Crippen molar-refractivity contribution >= 4 is 12.0 Å². The van der Waals surface area contributed by atoms with E-state index in [1.807, 2.05) is 4.90 Å². The first-order valence-corrected chi connectivity index (χ1v) is 6.88. The van der Waals surface area contributed by atoms with Crippen LogP contribution in [0.15, 0.2) is 0 Å². The number of urea groups is 1. The van der Waals surface area contributed by atoms with Crippen LogP contribution in [-0.4, -0.2) is 77.1 Å². The van der Waals surface area contributed by atoms with E-state index in [9.17, 15) is 9.59 Å². The van der Waals surface area contributed by atoms with Crippen LogP contribution in [-0.2, 0) is 4.79 Å². The lowest BCUT2D eigenvalue weighted by Crippen LogP contribution is -2.58. The van der Waals surface area contributed by atoms with Crippen molar-refractivity contribution in [3.8, 4) is 0 Å². The molecule has 0 spiro atoms. The summed E-state index contributed by atoms with van der Waals surface area (Å²) in [7, 11) is 2.08. The van der Waals surface area contributed by atoms with Crippen molar-refractivity contribution in [3.63, 3.8) is 0 Å². The van der Waals surface area contributed by atoms with E-state index < -0.39 is 11.9 Å². The lowest BCUT2D eigenvalue weighted by atomic mass is 10.1. The number of carboxylic acid groups (broad SMARTS) is 1. The molecule has 2 aliphatic heterocycles. The molecule has 0 aromatic carbocycles. The molecule has 2 aliphatic rings. The van der Waals surface area contributed by atoms with Gasteiger partial charge in [-0.05, 0) is 27.3 Å². The molecule has 3 atom stereocenters. The molecule has 6 heteroatoms. The van der Waals surface area contributed by atoms with Gasteiger partial charge in [-0.1, -0.05) is 0 Å². The van der Waals surface area contributed by atoms with E-state index in [0.717, 1.165) is 0 Å². The first-order valence-electron chi connectivity index (χ1n) is 6.88. The maximum absolute atomic E-state index is 12.4. The molecule has 2 rings (SSSR count). The van der Waals surface area contributed by atoms with Gasteiger partial charge in [-0.2, -0.15) is 0 Å². The fraction of sp³-hybridized carbons (Fsp3) is 0.846.